The summed E-state index contributed by atoms with van der Waals surface area (Å²) in [5, 5.41) is 3.01. The Labute approximate surface area is 95.5 Å². The highest BCUT2D eigenvalue weighted by Crippen LogP contribution is 2.19. The van der Waals surface area contributed by atoms with E-state index in [-0.39, 0.29) is 11.9 Å². The van der Waals surface area contributed by atoms with Crippen LogP contribution in [0.1, 0.15) is 19.8 Å². The summed E-state index contributed by atoms with van der Waals surface area (Å²) in [6, 6.07) is 0. The number of methoxy groups -OCH3 is 1. The summed E-state index contributed by atoms with van der Waals surface area (Å²) in [5.74, 6) is -1.44. The minimum Gasteiger partial charge on any atom is -0.469 e. The van der Waals surface area contributed by atoms with E-state index in [0.29, 0.717) is 19.7 Å². The molecular formula is C11H19NO4. The third-order valence-corrected chi connectivity index (χ3v) is 2.76. The molecule has 0 aromatic carbocycles. The van der Waals surface area contributed by atoms with Gasteiger partial charge < -0.3 is 14.8 Å². The molecule has 1 fully saturated rings. The van der Waals surface area contributed by atoms with E-state index >= 15 is 0 Å². The number of unbranched alkanes of at least 4 members (excludes halogenated alkanes) is 1. The molecule has 0 aliphatic carbocycles. The van der Waals surface area contributed by atoms with E-state index in [1.54, 1.807) is 0 Å². The van der Waals surface area contributed by atoms with Crippen molar-refractivity contribution < 1.29 is 19.1 Å². The summed E-state index contributed by atoms with van der Waals surface area (Å²) in [4.78, 5) is 23.1. The molecule has 1 N–H and O–H groups in total. The number of nitrogens with one attached hydrogen (secondary N) is 1. The van der Waals surface area contributed by atoms with Crippen LogP contribution in [0.25, 0.3) is 0 Å². The van der Waals surface area contributed by atoms with Gasteiger partial charge in [0.2, 0.25) is 0 Å². The standard InChI is InChI=1S/C11H19NO4/c1-3-4-5-16-11(14)9-7-12-6-8(9)10(13)15-2/h8-9,12H,3-7H2,1-2H3/t8-,9?/m1/s1. The van der Waals surface area contributed by atoms with Crippen molar-refractivity contribution in [1.29, 1.82) is 0 Å². The predicted octanol–water partition coefficient (Wildman–Crippen LogP) is 0.338. The fourth-order valence-corrected chi connectivity index (χ4v) is 1.75. The third-order valence-electron chi connectivity index (χ3n) is 2.76. The van der Waals surface area contributed by atoms with Gasteiger partial charge in [0, 0.05) is 13.1 Å². The van der Waals surface area contributed by atoms with E-state index in [2.05, 4.69) is 10.1 Å². The molecule has 0 bridgehead atoms. The molecule has 0 aromatic heterocycles. The second-order valence-electron chi connectivity index (χ2n) is 3.92. The fourth-order valence-electron chi connectivity index (χ4n) is 1.75. The second kappa shape index (κ2) is 6.48. The van der Waals surface area contributed by atoms with Gasteiger partial charge in [0.1, 0.15) is 0 Å². The predicted molar refractivity (Wildman–Crippen MR) is 57.7 cm³/mol. The molecule has 2 atom stereocenters. The average Bonchev–Trinajstić information content (AvgIpc) is 2.77. The highest BCUT2D eigenvalue weighted by molar-refractivity contribution is 5.83. The molecule has 0 aromatic rings. The molecular weight excluding hydrogens is 210 g/mol. The monoisotopic (exact) mass is 229 g/mol. The van der Waals surface area contributed by atoms with E-state index < -0.39 is 11.8 Å². The van der Waals surface area contributed by atoms with Crippen molar-refractivity contribution in [2.24, 2.45) is 11.8 Å². The quantitative estimate of drug-likeness (QED) is 0.544. The largest absolute Gasteiger partial charge is 0.469 e. The van der Waals surface area contributed by atoms with Crippen molar-refractivity contribution in [2.75, 3.05) is 26.8 Å². The van der Waals surface area contributed by atoms with Crippen molar-refractivity contribution in [3.05, 3.63) is 0 Å². The number of esters is 2. The molecule has 5 heteroatoms. The highest BCUT2D eigenvalue weighted by atomic mass is 16.5. The Morgan fingerprint density at radius 2 is 1.88 bits per heavy atom. The summed E-state index contributed by atoms with van der Waals surface area (Å²) < 4.78 is 9.76. The molecule has 0 amide bonds. The van der Waals surface area contributed by atoms with Gasteiger partial charge in [-0.15, -0.1) is 0 Å². The van der Waals surface area contributed by atoms with E-state index in [0.717, 1.165) is 12.8 Å². The molecule has 5 nitrogen and oxygen atoms in total. The van der Waals surface area contributed by atoms with E-state index in [1.807, 2.05) is 6.92 Å². The average molecular weight is 229 g/mol. The first kappa shape index (κ1) is 13.0. The maximum absolute atomic E-state index is 11.7. The summed E-state index contributed by atoms with van der Waals surface area (Å²) in [7, 11) is 1.33. The van der Waals surface area contributed by atoms with E-state index in [4.69, 9.17) is 4.74 Å². The number of hydrogen-bond donors (Lipinski definition) is 1. The minimum atomic E-state index is -0.404. The zero-order valence-corrected chi connectivity index (χ0v) is 9.82. The lowest BCUT2D eigenvalue weighted by Crippen LogP contribution is -2.31. The van der Waals surface area contributed by atoms with Gasteiger partial charge in [-0.2, -0.15) is 0 Å². The number of carbonyl (C=O) groups is 2. The topological polar surface area (TPSA) is 64.6 Å². The minimum absolute atomic E-state index is 0.297. The first-order valence-corrected chi connectivity index (χ1v) is 5.65. The third kappa shape index (κ3) is 3.20. The zero-order chi connectivity index (χ0) is 12.0. The molecule has 1 aliphatic rings. The van der Waals surface area contributed by atoms with Gasteiger partial charge in [-0.05, 0) is 6.42 Å². The normalized spacial score (nSPS) is 24.1. The molecule has 0 radical (unpaired) electrons. The first-order valence-electron chi connectivity index (χ1n) is 5.65. The van der Waals surface area contributed by atoms with Crippen LogP contribution in [0.4, 0.5) is 0 Å². The molecule has 92 valence electrons. The summed E-state index contributed by atoms with van der Waals surface area (Å²) >= 11 is 0. The van der Waals surface area contributed by atoms with Gasteiger partial charge in [0.05, 0.1) is 25.6 Å². The zero-order valence-electron chi connectivity index (χ0n) is 9.82. The van der Waals surface area contributed by atoms with Crippen molar-refractivity contribution in [3.63, 3.8) is 0 Å². The van der Waals surface area contributed by atoms with Crippen LogP contribution in [-0.2, 0) is 19.1 Å². The maximum Gasteiger partial charge on any atom is 0.311 e. The molecule has 0 saturated carbocycles. The molecule has 1 rings (SSSR count). The Balaban J connectivity index is 2.44. The van der Waals surface area contributed by atoms with Crippen molar-refractivity contribution in [2.45, 2.75) is 19.8 Å². The Bertz CT molecular complexity index is 254. The Hall–Kier alpha value is -1.10. The lowest BCUT2D eigenvalue weighted by Gasteiger charge is -2.15. The van der Waals surface area contributed by atoms with Crippen molar-refractivity contribution in [3.8, 4) is 0 Å². The van der Waals surface area contributed by atoms with Crippen LogP contribution in [-0.4, -0.2) is 38.7 Å². The fraction of sp³-hybridized carbons (Fsp3) is 0.818. The highest BCUT2D eigenvalue weighted by Gasteiger charge is 2.39. The molecule has 1 aliphatic heterocycles. The number of ether oxygens (including phenoxy) is 2. The molecule has 0 spiro atoms. The van der Waals surface area contributed by atoms with Crippen LogP contribution in [0, 0.1) is 11.8 Å². The van der Waals surface area contributed by atoms with Crippen LogP contribution >= 0.6 is 0 Å². The van der Waals surface area contributed by atoms with Crippen LogP contribution < -0.4 is 5.32 Å². The SMILES string of the molecule is CCCCOC(=O)C1CNC[C@H]1C(=O)OC. The van der Waals surface area contributed by atoms with Gasteiger partial charge in [-0.3, -0.25) is 9.59 Å². The van der Waals surface area contributed by atoms with Crippen LogP contribution in [0.15, 0.2) is 0 Å². The van der Waals surface area contributed by atoms with Gasteiger partial charge in [-0.1, -0.05) is 13.3 Å². The lowest BCUT2D eigenvalue weighted by molar-refractivity contribution is -0.157. The summed E-state index contributed by atoms with van der Waals surface area (Å²) in [5.41, 5.74) is 0. The van der Waals surface area contributed by atoms with E-state index in [1.165, 1.54) is 7.11 Å². The summed E-state index contributed by atoms with van der Waals surface area (Å²) in [6.45, 7) is 3.44. The Kier molecular flexibility index (Phi) is 5.25. The number of rotatable bonds is 5. The summed E-state index contributed by atoms with van der Waals surface area (Å²) in [6.07, 6.45) is 1.84. The smallest absolute Gasteiger partial charge is 0.311 e. The first-order chi connectivity index (χ1) is 7.70. The van der Waals surface area contributed by atoms with Crippen LogP contribution in [0.5, 0.6) is 0 Å². The molecule has 16 heavy (non-hydrogen) atoms. The Morgan fingerprint density at radius 3 is 2.44 bits per heavy atom. The second-order valence-corrected chi connectivity index (χ2v) is 3.92. The number of hydrogen-bond acceptors (Lipinski definition) is 5. The van der Waals surface area contributed by atoms with E-state index in [9.17, 15) is 9.59 Å². The van der Waals surface area contributed by atoms with Gasteiger partial charge >= 0.3 is 11.9 Å². The van der Waals surface area contributed by atoms with Crippen molar-refractivity contribution >= 4 is 11.9 Å². The van der Waals surface area contributed by atoms with Crippen LogP contribution in [0.3, 0.4) is 0 Å². The van der Waals surface area contributed by atoms with Gasteiger partial charge in [-0.25, -0.2) is 0 Å². The molecule has 1 saturated heterocycles. The maximum atomic E-state index is 11.7. The van der Waals surface area contributed by atoms with Crippen molar-refractivity contribution in [1.82, 2.24) is 5.32 Å². The molecule has 1 unspecified atom stereocenters. The Morgan fingerprint density at radius 1 is 1.25 bits per heavy atom. The van der Waals surface area contributed by atoms with Crippen LogP contribution in [0.2, 0.25) is 0 Å². The number of carbonyl (C=O) groups excluding carboxylic acids is 2. The lowest BCUT2D eigenvalue weighted by atomic mass is 9.96. The van der Waals surface area contributed by atoms with Gasteiger partial charge in [0.15, 0.2) is 0 Å². The molecule has 1 heterocycles. The van der Waals surface area contributed by atoms with Gasteiger partial charge in [0.25, 0.3) is 0 Å².